The Morgan fingerprint density at radius 1 is 1.47 bits per heavy atom. The molecule has 0 aromatic heterocycles. The number of nitrogens with two attached hydrogens (primary N) is 1. The van der Waals surface area contributed by atoms with E-state index in [0.717, 1.165) is 0 Å². The van der Waals surface area contributed by atoms with Crippen LogP contribution in [0.4, 0.5) is 11.4 Å². The number of anilines is 1. The van der Waals surface area contributed by atoms with Gasteiger partial charge >= 0.3 is 5.97 Å². The molecule has 0 saturated heterocycles. The van der Waals surface area contributed by atoms with Crippen LogP contribution >= 0.6 is 0 Å². The van der Waals surface area contributed by atoms with Crippen LogP contribution in [0.2, 0.25) is 0 Å². The van der Waals surface area contributed by atoms with Crippen molar-refractivity contribution in [2.24, 2.45) is 5.92 Å². The summed E-state index contributed by atoms with van der Waals surface area (Å²) >= 11 is 0. The summed E-state index contributed by atoms with van der Waals surface area (Å²) in [6, 6.07) is 4.42. The van der Waals surface area contributed by atoms with Gasteiger partial charge in [0, 0.05) is 6.07 Å². The number of nitro groups is 1. The minimum absolute atomic E-state index is 0.0257. The van der Waals surface area contributed by atoms with Crippen molar-refractivity contribution in [2.75, 3.05) is 12.3 Å². The lowest BCUT2D eigenvalue weighted by Gasteiger charge is -2.19. The highest BCUT2D eigenvalue weighted by molar-refractivity contribution is 5.79. The lowest BCUT2D eigenvalue weighted by Crippen LogP contribution is -2.21. The molecule has 19 heavy (non-hydrogen) atoms. The molecule has 104 valence electrons. The highest BCUT2D eigenvalue weighted by Gasteiger charge is 2.27. The van der Waals surface area contributed by atoms with Gasteiger partial charge in [0.1, 0.15) is 5.69 Å². The molecule has 0 fully saturated rings. The monoisotopic (exact) mass is 266 g/mol. The fourth-order valence-corrected chi connectivity index (χ4v) is 1.94. The molecule has 6 nitrogen and oxygen atoms in total. The zero-order valence-corrected chi connectivity index (χ0v) is 11.3. The molecule has 0 radical (unpaired) electrons. The number of nitrogens with zero attached hydrogens (tertiary/aromatic N) is 1. The van der Waals surface area contributed by atoms with Crippen molar-refractivity contribution in [1.29, 1.82) is 0 Å². The van der Waals surface area contributed by atoms with Crippen molar-refractivity contribution in [3.63, 3.8) is 0 Å². The Bertz CT molecular complexity index is 486. The fourth-order valence-electron chi connectivity index (χ4n) is 1.94. The Kier molecular flexibility index (Phi) is 4.86. The van der Waals surface area contributed by atoms with E-state index in [1.807, 2.05) is 13.8 Å². The lowest BCUT2D eigenvalue weighted by atomic mass is 9.88. The van der Waals surface area contributed by atoms with Crippen LogP contribution in [0, 0.1) is 16.0 Å². The van der Waals surface area contributed by atoms with Gasteiger partial charge in [0.2, 0.25) is 0 Å². The predicted molar refractivity (Wildman–Crippen MR) is 71.7 cm³/mol. The number of carbonyl (C=O) groups excluding carboxylic acids is 1. The average molecular weight is 266 g/mol. The highest BCUT2D eigenvalue weighted by Crippen LogP contribution is 2.31. The molecule has 1 unspecified atom stereocenters. The first kappa shape index (κ1) is 14.9. The summed E-state index contributed by atoms with van der Waals surface area (Å²) in [5.74, 6) is -0.932. The van der Waals surface area contributed by atoms with Gasteiger partial charge in [0.25, 0.3) is 5.69 Å². The number of hydrogen-bond donors (Lipinski definition) is 1. The van der Waals surface area contributed by atoms with Crippen molar-refractivity contribution in [3.05, 3.63) is 33.9 Å². The number of benzene rings is 1. The minimum Gasteiger partial charge on any atom is -0.466 e. The van der Waals surface area contributed by atoms with Crippen LogP contribution < -0.4 is 5.73 Å². The van der Waals surface area contributed by atoms with Crippen LogP contribution in [0.15, 0.2) is 18.2 Å². The van der Waals surface area contributed by atoms with E-state index in [4.69, 9.17) is 10.5 Å². The summed E-state index contributed by atoms with van der Waals surface area (Å²) in [5, 5.41) is 10.9. The number of ether oxygens (including phenoxy) is 1. The van der Waals surface area contributed by atoms with Crippen molar-refractivity contribution in [1.82, 2.24) is 0 Å². The molecular weight excluding hydrogens is 248 g/mol. The van der Waals surface area contributed by atoms with Gasteiger partial charge in [-0.2, -0.15) is 0 Å². The van der Waals surface area contributed by atoms with Crippen LogP contribution in [0.5, 0.6) is 0 Å². The SMILES string of the molecule is CCOC(=O)C(c1ccc(N)c([N+](=O)[O-])c1)C(C)C. The minimum atomic E-state index is -0.554. The number of esters is 1. The molecule has 1 aromatic rings. The lowest BCUT2D eigenvalue weighted by molar-refractivity contribution is -0.384. The first-order valence-corrected chi connectivity index (χ1v) is 6.08. The molecule has 0 aliphatic carbocycles. The smallest absolute Gasteiger partial charge is 0.313 e. The first-order chi connectivity index (χ1) is 8.88. The standard InChI is InChI=1S/C13H18N2O4/c1-4-19-13(16)12(8(2)3)9-5-6-10(14)11(7-9)15(17)18/h5-8,12H,4,14H2,1-3H3. The Balaban J connectivity index is 3.20. The van der Waals surface area contributed by atoms with Crippen molar-refractivity contribution in [2.45, 2.75) is 26.7 Å². The maximum Gasteiger partial charge on any atom is 0.313 e. The maximum atomic E-state index is 11.9. The topological polar surface area (TPSA) is 95.5 Å². The number of rotatable bonds is 5. The third kappa shape index (κ3) is 3.43. The third-order valence-corrected chi connectivity index (χ3v) is 2.82. The summed E-state index contributed by atoms with van der Waals surface area (Å²) in [6.07, 6.45) is 0. The van der Waals surface area contributed by atoms with Crippen LogP contribution in [0.25, 0.3) is 0 Å². The molecule has 0 heterocycles. The van der Waals surface area contributed by atoms with Gasteiger partial charge in [0.15, 0.2) is 0 Å². The van der Waals surface area contributed by atoms with Gasteiger partial charge in [0.05, 0.1) is 17.4 Å². The Morgan fingerprint density at radius 3 is 2.58 bits per heavy atom. The first-order valence-electron chi connectivity index (χ1n) is 6.08. The molecule has 1 aromatic carbocycles. The van der Waals surface area contributed by atoms with Gasteiger partial charge < -0.3 is 10.5 Å². The molecule has 0 aliphatic heterocycles. The van der Waals surface area contributed by atoms with E-state index in [0.29, 0.717) is 5.56 Å². The number of nitrogen functional groups attached to an aromatic ring is 1. The van der Waals surface area contributed by atoms with Crippen LogP contribution in [0.1, 0.15) is 32.3 Å². The van der Waals surface area contributed by atoms with Crippen molar-refractivity contribution in [3.8, 4) is 0 Å². The third-order valence-electron chi connectivity index (χ3n) is 2.82. The van der Waals surface area contributed by atoms with Gasteiger partial charge in [-0.25, -0.2) is 0 Å². The average Bonchev–Trinajstić information content (AvgIpc) is 2.31. The van der Waals surface area contributed by atoms with E-state index in [9.17, 15) is 14.9 Å². The summed E-state index contributed by atoms with van der Waals surface area (Å²) in [5.41, 5.74) is 5.99. The largest absolute Gasteiger partial charge is 0.466 e. The van der Waals surface area contributed by atoms with E-state index in [1.54, 1.807) is 13.0 Å². The second kappa shape index (κ2) is 6.17. The normalized spacial score (nSPS) is 12.2. The molecule has 2 N–H and O–H groups in total. The second-order valence-electron chi connectivity index (χ2n) is 4.55. The summed E-state index contributed by atoms with van der Waals surface area (Å²) in [6.45, 7) is 5.73. The number of carbonyl (C=O) groups is 1. The summed E-state index contributed by atoms with van der Waals surface area (Å²) < 4.78 is 5.01. The zero-order valence-electron chi connectivity index (χ0n) is 11.3. The van der Waals surface area contributed by atoms with E-state index in [-0.39, 0.29) is 29.9 Å². The fraction of sp³-hybridized carbons (Fsp3) is 0.462. The Morgan fingerprint density at radius 2 is 2.11 bits per heavy atom. The van der Waals surface area contributed by atoms with E-state index < -0.39 is 10.8 Å². The van der Waals surface area contributed by atoms with Gasteiger partial charge in [-0.1, -0.05) is 19.9 Å². The van der Waals surface area contributed by atoms with Crippen LogP contribution in [0.3, 0.4) is 0 Å². The van der Waals surface area contributed by atoms with E-state index >= 15 is 0 Å². The molecule has 1 atom stereocenters. The van der Waals surface area contributed by atoms with Crippen LogP contribution in [-0.2, 0) is 9.53 Å². The second-order valence-corrected chi connectivity index (χ2v) is 4.55. The quantitative estimate of drug-likeness (QED) is 0.382. The number of hydrogen-bond acceptors (Lipinski definition) is 5. The van der Waals surface area contributed by atoms with E-state index in [2.05, 4.69) is 0 Å². The molecule has 0 spiro atoms. The molecule has 1 rings (SSSR count). The maximum absolute atomic E-state index is 11.9. The van der Waals surface area contributed by atoms with E-state index in [1.165, 1.54) is 12.1 Å². The van der Waals surface area contributed by atoms with Gasteiger partial charge in [-0.3, -0.25) is 14.9 Å². The summed E-state index contributed by atoms with van der Waals surface area (Å²) in [4.78, 5) is 22.2. The Hall–Kier alpha value is -2.11. The molecular formula is C13H18N2O4. The Labute approximate surface area is 111 Å². The van der Waals surface area contributed by atoms with Crippen molar-refractivity contribution >= 4 is 17.3 Å². The number of nitro benzene ring substituents is 1. The summed E-state index contributed by atoms with van der Waals surface area (Å²) in [7, 11) is 0. The van der Waals surface area contributed by atoms with Gasteiger partial charge in [-0.15, -0.1) is 0 Å². The van der Waals surface area contributed by atoms with Gasteiger partial charge in [-0.05, 0) is 24.5 Å². The van der Waals surface area contributed by atoms with Crippen molar-refractivity contribution < 1.29 is 14.5 Å². The predicted octanol–water partition coefficient (Wildman–Crippen LogP) is 2.48. The molecule has 0 bridgehead atoms. The highest BCUT2D eigenvalue weighted by atomic mass is 16.6. The molecule has 0 aliphatic rings. The van der Waals surface area contributed by atoms with Crippen LogP contribution in [-0.4, -0.2) is 17.5 Å². The zero-order chi connectivity index (χ0) is 14.6. The molecule has 0 amide bonds. The molecule has 0 saturated carbocycles. The molecule has 6 heteroatoms.